The van der Waals surface area contributed by atoms with Gasteiger partial charge in [0.25, 0.3) is 11.8 Å². The molecule has 4 aromatic rings. The lowest BCUT2D eigenvalue weighted by molar-refractivity contribution is -0.137. The summed E-state index contributed by atoms with van der Waals surface area (Å²) in [4.78, 5) is 83.8. The van der Waals surface area contributed by atoms with E-state index < -0.39 is 11.9 Å². The van der Waals surface area contributed by atoms with Gasteiger partial charge in [0.05, 0.1) is 16.9 Å². The summed E-state index contributed by atoms with van der Waals surface area (Å²) in [5.74, 6) is 1.84. The van der Waals surface area contributed by atoms with Gasteiger partial charge >= 0.3 is 0 Å². The number of aryl methyl sites for hydroxylation is 2. The van der Waals surface area contributed by atoms with E-state index in [4.69, 9.17) is 11.6 Å². The number of carbonyl (C=O) groups is 5. The molecule has 57 heavy (non-hydrogen) atoms. The van der Waals surface area contributed by atoms with E-state index in [1.54, 1.807) is 22.7 Å². The Bertz CT molecular complexity index is 2170. The van der Waals surface area contributed by atoms with Crippen molar-refractivity contribution in [2.75, 3.05) is 47.5 Å². The molecule has 0 aliphatic carbocycles. The van der Waals surface area contributed by atoms with Crippen LogP contribution in [0.25, 0.3) is 0 Å². The van der Waals surface area contributed by atoms with Gasteiger partial charge in [0.15, 0.2) is 5.13 Å². The third-order valence-electron chi connectivity index (χ3n) is 10.3. The molecule has 3 aliphatic heterocycles. The number of fused-ring (bicyclic) bond motifs is 1. The molecule has 2 saturated heterocycles. The second kappa shape index (κ2) is 18.0. The van der Waals surface area contributed by atoms with Gasteiger partial charge in [-0.3, -0.25) is 29.3 Å². The fourth-order valence-electron chi connectivity index (χ4n) is 7.24. The summed E-state index contributed by atoms with van der Waals surface area (Å²) < 4.78 is 0. The van der Waals surface area contributed by atoms with Crippen molar-refractivity contribution in [2.24, 2.45) is 0 Å². The number of nitrogens with one attached hydrogen (secondary N) is 3. The molecule has 5 amide bonds. The average molecular weight is 830 g/mol. The van der Waals surface area contributed by atoms with Crippen LogP contribution in [-0.2, 0) is 20.9 Å². The summed E-state index contributed by atoms with van der Waals surface area (Å²) in [6.07, 6.45) is 6.41. The normalized spacial score (nSPS) is 16.8. The molecule has 0 spiro atoms. The van der Waals surface area contributed by atoms with Gasteiger partial charge in [-0.25, -0.2) is 15.0 Å². The van der Waals surface area contributed by atoms with E-state index in [1.807, 2.05) is 55.1 Å². The fraction of sp³-hybridized carbons (Fsp3) is 0.400. The van der Waals surface area contributed by atoms with Crippen molar-refractivity contribution in [3.63, 3.8) is 0 Å². The Kier molecular flexibility index (Phi) is 12.7. The molecule has 7 rings (SSSR count). The standard InChI is InChI=1S/C40H44ClN9O5S2/c1-24-9-7-11-28(41)36(24)47-38(54)31-22-42-40(57-31)45-32-21-33(44-25(2)43-32)48-16-18-49(19-17-48)35(52)13-5-3-4-6-20-56-30-12-8-10-26-27(30)23-50(39(26)55)29-14-15-34(51)46-37(29)53/h7-12,21-22,29H,3-6,13-20,23H2,1-2H3,(H,47,54)(H,46,51,53)(H,42,43,44,45). The molecule has 5 heterocycles. The van der Waals surface area contributed by atoms with Crippen molar-refractivity contribution >= 4 is 86.7 Å². The molecule has 0 radical (unpaired) electrons. The minimum absolute atomic E-state index is 0.156. The number of nitrogens with zero attached hydrogens (tertiary/aromatic N) is 6. The zero-order chi connectivity index (χ0) is 40.1. The molecule has 2 fully saturated rings. The Morgan fingerprint density at radius 1 is 1.00 bits per heavy atom. The lowest BCUT2D eigenvalue weighted by Gasteiger charge is -2.35. The Balaban J connectivity index is 0.812. The summed E-state index contributed by atoms with van der Waals surface area (Å²) in [5, 5.41) is 9.44. The predicted molar refractivity (Wildman–Crippen MR) is 221 cm³/mol. The number of carbonyl (C=O) groups excluding carboxylic acids is 5. The number of anilines is 4. The number of piperazine rings is 1. The van der Waals surface area contributed by atoms with Crippen molar-refractivity contribution in [3.8, 4) is 0 Å². The van der Waals surface area contributed by atoms with Crippen molar-refractivity contribution in [1.29, 1.82) is 0 Å². The maximum atomic E-state index is 13.1. The molecule has 298 valence electrons. The van der Waals surface area contributed by atoms with Gasteiger partial charge in [-0.15, -0.1) is 11.8 Å². The van der Waals surface area contributed by atoms with Gasteiger partial charge in [0, 0.05) is 62.1 Å². The van der Waals surface area contributed by atoms with E-state index in [1.165, 1.54) is 17.5 Å². The van der Waals surface area contributed by atoms with Crippen molar-refractivity contribution in [3.05, 3.63) is 81.1 Å². The summed E-state index contributed by atoms with van der Waals surface area (Å²) in [5.41, 5.74) is 3.02. The third-order valence-corrected chi connectivity index (χ3v) is 12.7. The van der Waals surface area contributed by atoms with Crippen molar-refractivity contribution < 1.29 is 24.0 Å². The van der Waals surface area contributed by atoms with E-state index in [0.29, 0.717) is 83.5 Å². The number of thiazole rings is 1. The lowest BCUT2D eigenvalue weighted by atomic mass is 10.0. The van der Waals surface area contributed by atoms with E-state index in [-0.39, 0.29) is 30.0 Å². The molecule has 17 heteroatoms. The summed E-state index contributed by atoms with van der Waals surface area (Å²) in [6, 6.07) is 12.4. The van der Waals surface area contributed by atoms with Crippen molar-refractivity contribution in [1.82, 2.24) is 30.1 Å². The largest absolute Gasteiger partial charge is 0.353 e. The molecule has 3 N–H and O–H groups in total. The van der Waals surface area contributed by atoms with Crippen LogP contribution in [0.5, 0.6) is 0 Å². The number of unbranched alkanes of at least 4 members (excludes halogenated alkanes) is 3. The van der Waals surface area contributed by atoms with Gasteiger partial charge in [-0.2, -0.15) is 0 Å². The van der Waals surface area contributed by atoms with Crippen LogP contribution in [0, 0.1) is 13.8 Å². The van der Waals surface area contributed by atoms with Gasteiger partial charge in [-0.05, 0) is 68.2 Å². The highest BCUT2D eigenvalue weighted by atomic mass is 35.5. The second-order valence-corrected chi connectivity index (χ2v) is 16.8. The molecule has 2 aromatic carbocycles. The highest BCUT2D eigenvalue weighted by Gasteiger charge is 2.39. The number of benzene rings is 2. The average Bonchev–Trinajstić information content (AvgIpc) is 3.80. The number of rotatable bonds is 14. The molecular weight excluding hydrogens is 786 g/mol. The van der Waals surface area contributed by atoms with E-state index in [0.717, 1.165) is 53.3 Å². The van der Waals surface area contributed by atoms with Crippen LogP contribution in [0.1, 0.15) is 81.9 Å². The summed E-state index contributed by atoms with van der Waals surface area (Å²) in [6.45, 7) is 6.62. The highest BCUT2D eigenvalue weighted by Crippen LogP contribution is 2.35. The number of amides is 5. The van der Waals surface area contributed by atoms with Crippen LogP contribution in [0.4, 0.5) is 22.5 Å². The number of hydrogen-bond donors (Lipinski definition) is 3. The minimum atomic E-state index is -0.620. The molecule has 3 aliphatic rings. The van der Waals surface area contributed by atoms with Crippen LogP contribution < -0.4 is 20.9 Å². The molecule has 1 atom stereocenters. The Hall–Kier alpha value is -5.06. The molecule has 0 bridgehead atoms. The first-order chi connectivity index (χ1) is 27.5. The van der Waals surface area contributed by atoms with E-state index in [2.05, 4.69) is 35.8 Å². The number of aromatic nitrogens is 3. The zero-order valence-electron chi connectivity index (χ0n) is 31.8. The van der Waals surface area contributed by atoms with E-state index >= 15 is 0 Å². The predicted octanol–water partition coefficient (Wildman–Crippen LogP) is 6.35. The van der Waals surface area contributed by atoms with Gasteiger partial charge in [-0.1, -0.05) is 54.0 Å². The van der Waals surface area contributed by atoms with E-state index in [9.17, 15) is 24.0 Å². The van der Waals surface area contributed by atoms with Crippen LogP contribution in [0.15, 0.2) is 53.6 Å². The van der Waals surface area contributed by atoms with Crippen LogP contribution in [0.3, 0.4) is 0 Å². The Morgan fingerprint density at radius 2 is 1.79 bits per heavy atom. The third kappa shape index (κ3) is 9.57. The first-order valence-electron chi connectivity index (χ1n) is 19.1. The fourth-order valence-corrected chi connectivity index (χ4v) is 9.32. The first-order valence-corrected chi connectivity index (χ1v) is 21.3. The SMILES string of the molecule is Cc1nc(Nc2ncc(C(=O)Nc3c(C)cccc3Cl)s2)cc(N2CCN(C(=O)CCCCCCSc3cccc4c3CN(C3CCC(=O)NC3=O)C4=O)CC2)n1. The highest BCUT2D eigenvalue weighted by molar-refractivity contribution is 7.99. The number of thioether (sulfide) groups is 1. The summed E-state index contributed by atoms with van der Waals surface area (Å²) >= 11 is 9.22. The van der Waals surface area contributed by atoms with Gasteiger partial charge in [0.2, 0.25) is 17.7 Å². The molecule has 0 saturated carbocycles. The molecular formula is C40H44ClN9O5S2. The maximum Gasteiger partial charge on any atom is 0.267 e. The second-order valence-electron chi connectivity index (χ2n) is 14.3. The van der Waals surface area contributed by atoms with Gasteiger partial charge in [0.1, 0.15) is 28.4 Å². The maximum absolute atomic E-state index is 13.1. The lowest BCUT2D eigenvalue weighted by Crippen LogP contribution is -2.52. The molecule has 1 unspecified atom stereocenters. The van der Waals surface area contributed by atoms with Crippen LogP contribution in [0.2, 0.25) is 5.02 Å². The van der Waals surface area contributed by atoms with Crippen LogP contribution >= 0.6 is 34.7 Å². The number of para-hydroxylation sites is 1. The van der Waals surface area contributed by atoms with Gasteiger partial charge < -0.3 is 25.3 Å². The number of piperidine rings is 1. The quantitative estimate of drug-likeness (QED) is 0.0736. The number of hydrogen-bond acceptors (Lipinski definition) is 12. The molecule has 2 aromatic heterocycles. The zero-order valence-corrected chi connectivity index (χ0v) is 34.2. The summed E-state index contributed by atoms with van der Waals surface area (Å²) in [7, 11) is 0. The topological polar surface area (TPSA) is 170 Å². The smallest absolute Gasteiger partial charge is 0.267 e. The molecule has 14 nitrogen and oxygen atoms in total. The minimum Gasteiger partial charge on any atom is -0.353 e. The Morgan fingerprint density at radius 3 is 2.58 bits per heavy atom. The number of imide groups is 1. The number of halogens is 1. The Labute approximate surface area is 344 Å². The monoisotopic (exact) mass is 829 g/mol. The first kappa shape index (κ1) is 40.1. The van der Waals surface area contributed by atoms with Crippen LogP contribution in [-0.4, -0.2) is 92.3 Å². The van der Waals surface area contributed by atoms with Crippen molar-refractivity contribution in [2.45, 2.75) is 76.3 Å².